The number of hydrogen-bond acceptors (Lipinski definition) is 7. The summed E-state index contributed by atoms with van der Waals surface area (Å²) in [6.45, 7) is 5.19. The molecule has 2 aliphatic heterocycles. The van der Waals surface area contributed by atoms with Gasteiger partial charge in [0.25, 0.3) is 11.8 Å². The largest absolute Gasteiger partial charge is 0.333 e. The summed E-state index contributed by atoms with van der Waals surface area (Å²) in [5.41, 5.74) is 5.80. The first-order chi connectivity index (χ1) is 16.6. The Morgan fingerprint density at radius 1 is 1.03 bits per heavy atom. The first kappa shape index (κ1) is 22.2. The van der Waals surface area contributed by atoms with E-state index in [0.717, 1.165) is 35.9 Å². The highest BCUT2D eigenvalue weighted by atomic mass is 32.1. The fourth-order valence-electron chi connectivity index (χ4n) is 4.08. The maximum absolute atomic E-state index is 13.2. The van der Waals surface area contributed by atoms with Gasteiger partial charge < -0.3 is 4.90 Å². The van der Waals surface area contributed by atoms with Crippen molar-refractivity contribution in [2.45, 2.75) is 19.5 Å². The second-order valence-corrected chi connectivity index (χ2v) is 9.21. The third kappa shape index (κ3) is 4.71. The van der Waals surface area contributed by atoms with Gasteiger partial charge in [-0.05, 0) is 19.1 Å². The predicted octanol–water partition coefficient (Wildman–Crippen LogP) is 2.79. The number of para-hydroxylation sites is 1. The molecule has 2 amide bonds. The van der Waals surface area contributed by atoms with E-state index in [1.165, 1.54) is 5.01 Å². The molecule has 174 valence electrons. The summed E-state index contributed by atoms with van der Waals surface area (Å²) in [6.07, 6.45) is 0. The molecule has 1 N–H and O–H groups in total. The number of hydrazine groups is 1. The summed E-state index contributed by atoms with van der Waals surface area (Å²) in [7, 11) is 0. The maximum Gasteiger partial charge on any atom is 0.290 e. The minimum atomic E-state index is -0.620. The number of thiazole rings is 1. The van der Waals surface area contributed by atoms with Gasteiger partial charge in [-0.1, -0.05) is 48.5 Å². The highest BCUT2D eigenvalue weighted by Crippen LogP contribution is 2.24. The Labute approximate surface area is 202 Å². The molecule has 2 aromatic carbocycles. The minimum Gasteiger partial charge on any atom is -0.333 e. The van der Waals surface area contributed by atoms with E-state index in [0.29, 0.717) is 18.8 Å². The number of hydrogen-bond donors (Lipinski definition) is 1. The standard InChI is InChI=1S/C25H26N6O2S/c1-18-24(32)31(21-10-6-3-7-11-21)28-22(26-18)25(33)30-14-12-29(13-15-30)16-20-17-34-23(27-20)19-8-4-2-5-9-19/h2-11,17-18H,12-16H2,1H3,(H,26,28). The molecule has 3 heterocycles. The van der Waals surface area contributed by atoms with Gasteiger partial charge in [0, 0.05) is 43.7 Å². The summed E-state index contributed by atoms with van der Waals surface area (Å²) in [6, 6.07) is 18.8. The van der Waals surface area contributed by atoms with Crippen LogP contribution < -0.4 is 10.4 Å². The lowest BCUT2D eigenvalue weighted by Gasteiger charge is -2.36. The van der Waals surface area contributed by atoms with Gasteiger partial charge >= 0.3 is 0 Å². The molecule has 1 fully saturated rings. The predicted molar refractivity (Wildman–Crippen MR) is 133 cm³/mol. The SMILES string of the molecule is CC1N=C(C(=O)N2CCN(Cc3csc(-c4ccccc4)n3)CC2)NN(c2ccccc2)C1=O. The molecule has 0 spiro atoms. The van der Waals surface area contributed by atoms with Gasteiger partial charge in [-0.3, -0.25) is 19.9 Å². The van der Waals surface area contributed by atoms with E-state index in [9.17, 15) is 9.59 Å². The van der Waals surface area contributed by atoms with E-state index in [2.05, 4.69) is 32.8 Å². The normalized spacial score (nSPS) is 19.0. The maximum atomic E-state index is 13.2. The third-order valence-corrected chi connectivity index (χ3v) is 6.89. The van der Waals surface area contributed by atoms with E-state index in [1.807, 2.05) is 48.5 Å². The van der Waals surface area contributed by atoms with E-state index < -0.39 is 6.04 Å². The zero-order valence-corrected chi connectivity index (χ0v) is 19.7. The fraction of sp³-hybridized carbons (Fsp3) is 0.280. The van der Waals surface area contributed by atoms with Crippen LogP contribution in [0.1, 0.15) is 12.6 Å². The van der Waals surface area contributed by atoms with Crippen LogP contribution in [0.15, 0.2) is 71.0 Å². The molecule has 9 heteroatoms. The number of aliphatic imine (C=N–C) groups is 1. The average Bonchev–Trinajstić information content (AvgIpc) is 3.35. The minimum absolute atomic E-state index is 0.181. The van der Waals surface area contributed by atoms with Crippen LogP contribution in [-0.4, -0.2) is 64.7 Å². The average molecular weight is 475 g/mol. The van der Waals surface area contributed by atoms with Crippen molar-refractivity contribution in [3.8, 4) is 10.6 Å². The number of nitrogens with zero attached hydrogens (tertiary/aromatic N) is 5. The van der Waals surface area contributed by atoms with Crippen molar-refractivity contribution in [2.24, 2.45) is 4.99 Å². The van der Waals surface area contributed by atoms with Crippen molar-refractivity contribution >= 4 is 34.7 Å². The fourth-order valence-corrected chi connectivity index (χ4v) is 4.90. The van der Waals surface area contributed by atoms with Crippen molar-refractivity contribution in [1.29, 1.82) is 0 Å². The lowest BCUT2D eigenvalue weighted by molar-refractivity contribution is -0.126. The Bertz CT molecular complexity index is 1190. The zero-order chi connectivity index (χ0) is 23.5. The highest BCUT2D eigenvalue weighted by Gasteiger charge is 2.33. The Kier molecular flexibility index (Phi) is 6.37. The van der Waals surface area contributed by atoms with Crippen LogP contribution in [0.3, 0.4) is 0 Å². The van der Waals surface area contributed by atoms with E-state index in [1.54, 1.807) is 23.2 Å². The summed E-state index contributed by atoms with van der Waals surface area (Å²) < 4.78 is 0. The molecule has 5 rings (SSSR count). The Balaban J connectivity index is 1.19. The molecule has 3 aromatic rings. The molecule has 0 radical (unpaired) electrons. The van der Waals surface area contributed by atoms with Crippen molar-refractivity contribution < 1.29 is 9.59 Å². The van der Waals surface area contributed by atoms with E-state index in [-0.39, 0.29) is 17.6 Å². The number of benzene rings is 2. The molecule has 2 aliphatic rings. The molecule has 1 atom stereocenters. The smallest absolute Gasteiger partial charge is 0.290 e. The second-order valence-electron chi connectivity index (χ2n) is 8.35. The van der Waals surface area contributed by atoms with Gasteiger partial charge in [0.15, 0.2) is 0 Å². The molecule has 34 heavy (non-hydrogen) atoms. The van der Waals surface area contributed by atoms with Gasteiger partial charge in [0.05, 0.1) is 11.4 Å². The van der Waals surface area contributed by atoms with Crippen LogP contribution in [0, 0.1) is 0 Å². The van der Waals surface area contributed by atoms with Crippen molar-refractivity contribution in [3.05, 3.63) is 71.7 Å². The quantitative estimate of drug-likeness (QED) is 0.615. The number of piperazine rings is 1. The number of amides is 2. The summed E-state index contributed by atoms with van der Waals surface area (Å²) >= 11 is 1.66. The lowest BCUT2D eigenvalue weighted by Crippen LogP contribution is -2.60. The molecule has 1 saturated heterocycles. The first-order valence-electron chi connectivity index (χ1n) is 11.3. The summed E-state index contributed by atoms with van der Waals surface area (Å²) in [5, 5.41) is 4.54. The highest BCUT2D eigenvalue weighted by molar-refractivity contribution is 7.13. The molecule has 1 unspecified atom stereocenters. The molecule has 8 nitrogen and oxygen atoms in total. The monoisotopic (exact) mass is 474 g/mol. The number of carbonyl (C=O) groups is 2. The van der Waals surface area contributed by atoms with Crippen molar-refractivity contribution in [1.82, 2.24) is 20.2 Å². The van der Waals surface area contributed by atoms with Crippen LogP contribution in [0.4, 0.5) is 5.69 Å². The van der Waals surface area contributed by atoms with Gasteiger partial charge in [-0.2, -0.15) is 0 Å². The van der Waals surface area contributed by atoms with Crippen LogP contribution >= 0.6 is 11.3 Å². The second kappa shape index (κ2) is 9.74. The molecule has 1 aromatic heterocycles. The van der Waals surface area contributed by atoms with Crippen LogP contribution in [0.5, 0.6) is 0 Å². The Morgan fingerprint density at radius 3 is 2.41 bits per heavy atom. The molecular formula is C25H26N6O2S. The molecule has 0 bridgehead atoms. The number of amidine groups is 1. The summed E-state index contributed by atoms with van der Waals surface area (Å²) in [5.74, 6) is -0.165. The number of anilines is 1. The van der Waals surface area contributed by atoms with Crippen LogP contribution in [0.2, 0.25) is 0 Å². The topological polar surface area (TPSA) is 81.1 Å². The Morgan fingerprint density at radius 2 is 1.71 bits per heavy atom. The van der Waals surface area contributed by atoms with Crippen LogP contribution in [-0.2, 0) is 16.1 Å². The summed E-state index contributed by atoms with van der Waals surface area (Å²) in [4.78, 5) is 39.0. The number of aromatic nitrogens is 1. The number of nitrogens with one attached hydrogen (secondary N) is 1. The molecular weight excluding hydrogens is 448 g/mol. The zero-order valence-electron chi connectivity index (χ0n) is 18.9. The number of rotatable bonds is 5. The third-order valence-electron chi connectivity index (χ3n) is 5.95. The first-order valence-corrected chi connectivity index (χ1v) is 12.2. The van der Waals surface area contributed by atoms with E-state index in [4.69, 9.17) is 4.98 Å². The Hall–Kier alpha value is -3.56. The van der Waals surface area contributed by atoms with Crippen molar-refractivity contribution in [2.75, 3.05) is 31.2 Å². The molecule has 0 aliphatic carbocycles. The van der Waals surface area contributed by atoms with Crippen molar-refractivity contribution in [3.63, 3.8) is 0 Å². The van der Waals surface area contributed by atoms with Gasteiger partial charge in [0.2, 0.25) is 5.84 Å². The lowest BCUT2D eigenvalue weighted by atomic mass is 10.2. The number of carbonyl (C=O) groups excluding carboxylic acids is 2. The van der Waals surface area contributed by atoms with Gasteiger partial charge in [-0.15, -0.1) is 11.3 Å². The van der Waals surface area contributed by atoms with E-state index >= 15 is 0 Å². The van der Waals surface area contributed by atoms with Crippen LogP contribution in [0.25, 0.3) is 10.6 Å². The molecule has 0 saturated carbocycles. The van der Waals surface area contributed by atoms with Gasteiger partial charge in [0.1, 0.15) is 11.0 Å². The van der Waals surface area contributed by atoms with Gasteiger partial charge in [-0.25, -0.2) is 15.0 Å².